The summed E-state index contributed by atoms with van der Waals surface area (Å²) in [5.41, 5.74) is 0. The van der Waals surface area contributed by atoms with Crippen LogP contribution in [0.1, 0.15) is 32.6 Å². The smallest absolute Gasteiger partial charge is 0.471 e. The van der Waals surface area contributed by atoms with Crippen molar-refractivity contribution in [1.82, 2.24) is 4.90 Å². The second-order valence-electron chi connectivity index (χ2n) is 4.63. The number of hydrogen-bond acceptors (Lipinski definition) is 2. The molecule has 1 amide bonds. The topological polar surface area (TPSA) is 57.6 Å². The predicted molar refractivity (Wildman–Crippen MR) is 56.8 cm³/mol. The summed E-state index contributed by atoms with van der Waals surface area (Å²) in [4.78, 5) is 22.7. The molecule has 1 aliphatic rings. The SMILES string of the molecule is CC(CN(C(=O)C(F)(F)F)C1CCCC1)C(=O)O. The van der Waals surface area contributed by atoms with Crippen LogP contribution >= 0.6 is 0 Å². The van der Waals surface area contributed by atoms with E-state index in [2.05, 4.69) is 0 Å². The monoisotopic (exact) mass is 267 g/mol. The fourth-order valence-corrected chi connectivity index (χ4v) is 2.15. The molecule has 1 saturated carbocycles. The van der Waals surface area contributed by atoms with Gasteiger partial charge in [-0.3, -0.25) is 9.59 Å². The van der Waals surface area contributed by atoms with E-state index in [9.17, 15) is 22.8 Å². The quantitative estimate of drug-likeness (QED) is 0.848. The van der Waals surface area contributed by atoms with Gasteiger partial charge in [0.05, 0.1) is 5.92 Å². The highest BCUT2D eigenvalue weighted by molar-refractivity contribution is 5.83. The Morgan fingerprint density at radius 2 is 1.83 bits per heavy atom. The summed E-state index contributed by atoms with van der Waals surface area (Å²) in [6, 6.07) is -0.485. The molecule has 104 valence electrons. The van der Waals surface area contributed by atoms with Gasteiger partial charge in [0.2, 0.25) is 0 Å². The van der Waals surface area contributed by atoms with Gasteiger partial charge in [-0.25, -0.2) is 0 Å². The van der Waals surface area contributed by atoms with Gasteiger partial charge >= 0.3 is 18.1 Å². The zero-order chi connectivity index (χ0) is 13.9. The predicted octanol–water partition coefficient (Wildman–Crippen LogP) is 2.04. The Hall–Kier alpha value is -1.27. The molecule has 1 N–H and O–H groups in total. The minimum Gasteiger partial charge on any atom is -0.481 e. The number of nitrogens with zero attached hydrogens (tertiary/aromatic N) is 1. The molecule has 4 nitrogen and oxygen atoms in total. The van der Waals surface area contributed by atoms with E-state index >= 15 is 0 Å². The van der Waals surface area contributed by atoms with Crippen molar-refractivity contribution in [3.05, 3.63) is 0 Å². The van der Waals surface area contributed by atoms with Crippen LogP contribution in [0.2, 0.25) is 0 Å². The molecule has 0 aliphatic heterocycles. The highest BCUT2D eigenvalue weighted by Crippen LogP contribution is 2.28. The summed E-state index contributed by atoms with van der Waals surface area (Å²) in [5.74, 6) is -4.13. The fourth-order valence-electron chi connectivity index (χ4n) is 2.15. The molecule has 0 aromatic rings. The number of alkyl halides is 3. The number of aliphatic carboxylic acids is 1. The fraction of sp³-hybridized carbons (Fsp3) is 0.818. The zero-order valence-corrected chi connectivity index (χ0v) is 10.0. The molecule has 0 bridgehead atoms. The summed E-state index contributed by atoms with van der Waals surface area (Å²) < 4.78 is 37.4. The lowest BCUT2D eigenvalue weighted by Gasteiger charge is -2.31. The van der Waals surface area contributed by atoms with Crippen molar-refractivity contribution >= 4 is 11.9 Å². The number of carboxylic acid groups (broad SMARTS) is 1. The van der Waals surface area contributed by atoms with Crippen LogP contribution in [0.15, 0.2) is 0 Å². The van der Waals surface area contributed by atoms with E-state index in [-0.39, 0.29) is 0 Å². The van der Waals surface area contributed by atoms with Crippen LogP contribution in [0.3, 0.4) is 0 Å². The van der Waals surface area contributed by atoms with E-state index in [1.54, 1.807) is 0 Å². The molecular weight excluding hydrogens is 251 g/mol. The van der Waals surface area contributed by atoms with Crippen LogP contribution in [0, 0.1) is 5.92 Å². The lowest BCUT2D eigenvalue weighted by atomic mass is 10.1. The maximum absolute atomic E-state index is 12.5. The van der Waals surface area contributed by atoms with Crippen LogP contribution in [0.4, 0.5) is 13.2 Å². The van der Waals surface area contributed by atoms with Gasteiger partial charge in [-0.05, 0) is 12.8 Å². The van der Waals surface area contributed by atoms with Crippen molar-refractivity contribution < 1.29 is 27.9 Å². The van der Waals surface area contributed by atoms with Gasteiger partial charge in [-0.1, -0.05) is 19.8 Å². The molecule has 0 spiro atoms. The van der Waals surface area contributed by atoms with Gasteiger partial charge in [0.15, 0.2) is 0 Å². The van der Waals surface area contributed by atoms with E-state index in [0.717, 1.165) is 12.8 Å². The van der Waals surface area contributed by atoms with Crippen LogP contribution in [0.25, 0.3) is 0 Å². The van der Waals surface area contributed by atoms with Crippen molar-refractivity contribution in [1.29, 1.82) is 0 Å². The molecule has 0 saturated heterocycles. The molecule has 1 fully saturated rings. The minimum atomic E-state index is -4.94. The van der Waals surface area contributed by atoms with Crippen molar-refractivity contribution in [2.45, 2.75) is 44.8 Å². The summed E-state index contributed by atoms with van der Waals surface area (Å²) in [6.45, 7) is 0.909. The highest BCUT2D eigenvalue weighted by atomic mass is 19.4. The van der Waals surface area contributed by atoms with Crippen LogP contribution in [-0.4, -0.2) is 40.6 Å². The third-order valence-electron chi connectivity index (χ3n) is 3.16. The molecule has 0 aromatic heterocycles. The first-order valence-electron chi connectivity index (χ1n) is 5.84. The van der Waals surface area contributed by atoms with Crippen LogP contribution < -0.4 is 0 Å². The van der Waals surface area contributed by atoms with E-state index in [1.165, 1.54) is 6.92 Å². The lowest BCUT2D eigenvalue weighted by molar-refractivity contribution is -0.188. The summed E-state index contributed by atoms with van der Waals surface area (Å²) in [6.07, 6.45) is -2.38. The summed E-state index contributed by atoms with van der Waals surface area (Å²) in [5, 5.41) is 8.74. The number of carbonyl (C=O) groups is 2. The van der Waals surface area contributed by atoms with Gasteiger partial charge in [0.1, 0.15) is 0 Å². The summed E-state index contributed by atoms with van der Waals surface area (Å²) >= 11 is 0. The third-order valence-corrected chi connectivity index (χ3v) is 3.16. The molecule has 1 rings (SSSR count). The second kappa shape index (κ2) is 5.58. The Kier molecular flexibility index (Phi) is 4.59. The van der Waals surface area contributed by atoms with E-state index in [0.29, 0.717) is 17.7 Å². The number of amides is 1. The van der Waals surface area contributed by atoms with Gasteiger partial charge in [0, 0.05) is 12.6 Å². The molecule has 1 unspecified atom stereocenters. The Morgan fingerprint density at radius 3 is 2.22 bits per heavy atom. The number of carbonyl (C=O) groups excluding carboxylic acids is 1. The molecule has 1 aliphatic carbocycles. The van der Waals surface area contributed by atoms with Gasteiger partial charge < -0.3 is 10.0 Å². The first-order chi connectivity index (χ1) is 8.23. The first-order valence-corrected chi connectivity index (χ1v) is 5.84. The molecule has 0 radical (unpaired) electrons. The van der Waals surface area contributed by atoms with Gasteiger partial charge in [-0.2, -0.15) is 13.2 Å². The normalized spacial score (nSPS) is 18.7. The second-order valence-corrected chi connectivity index (χ2v) is 4.63. The van der Waals surface area contributed by atoms with Gasteiger partial charge in [-0.15, -0.1) is 0 Å². The minimum absolute atomic E-state index is 0.391. The van der Waals surface area contributed by atoms with Crippen molar-refractivity contribution in [3.63, 3.8) is 0 Å². The largest absolute Gasteiger partial charge is 0.481 e. The van der Waals surface area contributed by atoms with Crippen molar-refractivity contribution in [2.24, 2.45) is 5.92 Å². The average molecular weight is 267 g/mol. The van der Waals surface area contributed by atoms with E-state index < -0.39 is 36.6 Å². The van der Waals surface area contributed by atoms with Crippen molar-refractivity contribution in [3.8, 4) is 0 Å². The molecule has 1 atom stereocenters. The molecule has 0 heterocycles. The number of rotatable bonds is 4. The maximum atomic E-state index is 12.5. The highest BCUT2D eigenvalue weighted by Gasteiger charge is 2.45. The summed E-state index contributed by atoms with van der Waals surface area (Å²) in [7, 11) is 0. The molecule has 18 heavy (non-hydrogen) atoms. The van der Waals surface area contributed by atoms with Gasteiger partial charge in [0.25, 0.3) is 0 Å². The maximum Gasteiger partial charge on any atom is 0.471 e. The Bertz CT molecular complexity index is 324. The zero-order valence-electron chi connectivity index (χ0n) is 10.0. The number of hydrogen-bond donors (Lipinski definition) is 1. The van der Waals surface area contributed by atoms with E-state index in [4.69, 9.17) is 5.11 Å². The Labute approximate surface area is 103 Å². The molecule has 7 heteroatoms. The molecular formula is C11H16F3NO3. The van der Waals surface area contributed by atoms with Crippen molar-refractivity contribution in [2.75, 3.05) is 6.54 Å². The van der Waals surface area contributed by atoms with Crippen LogP contribution in [-0.2, 0) is 9.59 Å². The molecule has 0 aromatic carbocycles. The average Bonchev–Trinajstić information content (AvgIpc) is 2.76. The number of carboxylic acids is 1. The Morgan fingerprint density at radius 1 is 1.33 bits per heavy atom. The number of halogens is 3. The standard InChI is InChI=1S/C11H16F3NO3/c1-7(9(16)17)6-15(8-4-2-3-5-8)10(18)11(12,13)14/h7-8H,2-6H2,1H3,(H,16,17). The third kappa shape index (κ3) is 3.61. The van der Waals surface area contributed by atoms with E-state index in [1.807, 2.05) is 0 Å². The van der Waals surface area contributed by atoms with Crippen LogP contribution in [0.5, 0.6) is 0 Å². The lowest BCUT2D eigenvalue weighted by Crippen LogP contribution is -2.48. The Balaban J connectivity index is 2.81. The first kappa shape index (κ1) is 14.8.